The van der Waals surface area contributed by atoms with Gasteiger partial charge in [-0.1, -0.05) is 72.5 Å². The van der Waals surface area contributed by atoms with Gasteiger partial charge >= 0.3 is 0 Å². The van der Waals surface area contributed by atoms with Crippen molar-refractivity contribution in [2.75, 3.05) is 19.0 Å². The molecule has 1 N–H and O–H groups in total. The second-order valence-corrected chi connectivity index (χ2v) is 9.83. The summed E-state index contributed by atoms with van der Waals surface area (Å²) >= 11 is 1.27. The Morgan fingerprint density at radius 2 is 1.87 bits per heavy atom. The summed E-state index contributed by atoms with van der Waals surface area (Å²) < 4.78 is 13.3. The Morgan fingerprint density at radius 1 is 1.10 bits per heavy atom. The second-order valence-electron chi connectivity index (χ2n) is 8.82. The molecule has 1 unspecified atom stereocenters. The lowest BCUT2D eigenvalue weighted by Crippen LogP contribution is -2.40. The van der Waals surface area contributed by atoms with Gasteiger partial charge in [0, 0.05) is 11.3 Å². The van der Waals surface area contributed by atoms with Gasteiger partial charge in [0.25, 0.3) is 11.5 Å². The first-order valence-electron chi connectivity index (χ1n) is 12.4. The zero-order valence-corrected chi connectivity index (χ0v) is 22.4. The van der Waals surface area contributed by atoms with Crippen molar-refractivity contribution in [2.24, 2.45) is 4.99 Å². The average Bonchev–Trinajstić information content (AvgIpc) is 3.26. The summed E-state index contributed by atoms with van der Waals surface area (Å²) in [6, 6.07) is 23.4. The highest BCUT2D eigenvalue weighted by atomic mass is 32.1. The van der Waals surface area contributed by atoms with Crippen molar-refractivity contribution in [3.63, 3.8) is 0 Å². The maximum atomic E-state index is 14.0. The van der Waals surface area contributed by atoms with Gasteiger partial charge in [0.15, 0.2) is 4.80 Å². The molecule has 1 atom stereocenters. The maximum Gasteiger partial charge on any atom is 0.271 e. The van der Waals surface area contributed by atoms with Crippen molar-refractivity contribution >= 4 is 29.0 Å². The first kappa shape index (κ1) is 25.9. The molecule has 0 saturated heterocycles. The molecule has 8 heteroatoms. The number of carbonyl (C=O) groups excluding carboxylic acids is 1. The van der Waals surface area contributed by atoms with Crippen molar-refractivity contribution < 1.29 is 14.3 Å². The molecule has 1 aliphatic rings. The van der Waals surface area contributed by atoms with Crippen LogP contribution in [0, 0.1) is 0 Å². The number of allylic oxidation sites excluding steroid dienone is 1. The fourth-order valence-corrected chi connectivity index (χ4v) is 5.52. The molecule has 4 aromatic rings. The molecule has 1 amide bonds. The molecule has 0 spiro atoms. The van der Waals surface area contributed by atoms with E-state index >= 15 is 0 Å². The van der Waals surface area contributed by atoms with Gasteiger partial charge in [-0.2, -0.15) is 0 Å². The van der Waals surface area contributed by atoms with E-state index in [2.05, 4.69) is 11.9 Å². The first-order chi connectivity index (χ1) is 19.0. The molecular weight excluding hydrogens is 510 g/mol. The lowest BCUT2D eigenvalue weighted by molar-refractivity contribution is -0.113. The van der Waals surface area contributed by atoms with Crippen molar-refractivity contribution in [2.45, 2.75) is 13.0 Å². The third-order valence-corrected chi connectivity index (χ3v) is 7.25. The number of methoxy groups -OCH3 is 1. The number of benzene rings is 3. The number of thiazole rings is 1. The van der Waals surface area contributed by atoms with Crippen LogP contribution >= 0.6 is 11.3 Å². The van der Waals surface area contributed by atoms with Crippen LogP contribution in [0.3, 0.4) is 0 Å². The maximum absolute atomic E-state index is 14.0. The zero-order chi connectivity index (χ0) is 27.4. The predicted molar refractivity (Wildman–Crippen MR) is 154 cm³/mol. The highest BCUT2D eigenvalue weighted by Gasteiger charge is 2.32. The Balaban J connectivity index is 1.67. The van der Waals surface area contributed by atoms with E-state index in [9.17, 15) is 9.59 Å². The number of rotatable bonds is 8. The molecule has 3 aromatic carbocycles. The van der Waals surface area contributed by atoms with Crippen molar-refractivity contribution in [1.29, 1.82) is 0 Å². The van der Waals surface area contributed by atoms with E-state index < -0.39 is 6.04 Å². The number of hydrogen-bond acceptors (Lipinski definition) is 6. The second kappa shape index (κ2) is 11.4. The SMILES string of the molecule is C=CCOc1ccccc1C=c1sc2n(c1=O)C(c1cccc(OC)c1)C(C(=O)Nc1ccccc1)=C(C)N=2. The van der Waals surface area contributed by atoms with Crippen molar-refractivity contribution in [3.05, 3.63) is 134 Å². The molecule has 7 nitrogen and oxygen atoms in total. The fraction of sp³-hybridized carbons (Fsp3) is 0.129. The average molecular weight is 538 g/mol. The van der Waals surface area contributed by atoms with Gasteiger partial charge in [-0.25, -0.2) is 4.99 Å². The number of nitrogens with one attached hydrogen (secondary N) is 1. The van der Waals surface area contributed by atoms with Gasteiger partial charge in [0.05, 0.1) is 29.0 Å². The summed E-state index contributed by atoms with van der Waals surface area (Å²) in [5, 5.41) is 2.96. The molecule has 1 aliphatic heterocycles. The zero-order valence-electron chi connectivity index (χ0n) is 21.6. The minimum absolute atomic E-state index is 0.248. The van der Waals surface area contributed by atoms with Crippen LogP contribution in [0.5, 0.6) is 11.5 Å². The quantitative estimate of drug-likeness (QED) is 0.337. The summed E-state index contributed by atoms with van der Waals surface area (Å²) in [6.45, 7) is 5.85. The molecule has 1 aromatic heterocycles. The molecule has 196 valence electrons. The summed E-state index contributed by atoms with van der Waals surface area (Å²) in [7, 11) is 1.58. The van der Waals surface area contributed by atoms with Gasteiger partial charge in [0.2, 0.25) is 0 Å². The molecule has 0 radical (unpaired) electrons. The van der Waals surface area contributed by atoms with Crippen LogP contribution in [0.25, 0.3) is 6.08 Å². The third-order valence-electron chi connectivity index (χ3n) is 6.27. The first-order valence-corrected chi connectivity index (χ1v) is 13.2. The molecule has 0 aliphatic carbocycles. The molecule has 0 saturated carbocycles. The highest BCUT2D eigenvalue weighted by Crippen LogP contribution is 2.32. The van der Waals surface area contributed by atoms with Gasteiger partial charge < -0.3 is 14.8 Å². The Morgan fingerprint density at radius 3 is 2.64 bits per heavy atom. The Hall–Kier alpha value is -4.69. The summed E-state index contributed by atoms with van der Waals surface area (Å²) in [4.78, 5) is 32.8. The lowest BCUT2D eigenvalue weighted by atomic mass is 9.95. The van der Waals surface area contributed by atoms with Crippen LogP contribution < -0.4 is 29.7 Å². The molecule has 0 fully saturated rings. The highest BCUT2D eigenvalue weighted by molar-refractivity contribution is 7.07. The number of ether oxygens (including phenoxy) is 2. The number of aromatic nitrogens is 1. The van der Waals surface area contributed by atoms with Crippen LogP contribution in [0.4, 0.5) is 5.69 Å². The lowest BCUT2D eigenvalue weighted by Gasteiger charge is -2.25. The van der Waals surface area contributed by atoms with Crippen molar-refractivity contribution in [1.82, 2.24) is 4.57 Å². The number of nitrogens with zero attached hydrogens (tertiary/aromatic N) is 2. The standard InChI is InChI=1S/C31H27N3O4S/c1-4-17-38-25-16-9-8-11-21(25)19-26-30(36)34-28(22-12-10-15-24(18-22)37-3)27(20(2)32-31(34)39-26)29(35)33-23-13-6-5-7-14-23/h4-16,18-19,28H,1,17H2,2-3H3,(H,33,35). The number of fused-ring (bicyclic) bond motifs is 1. The van der Waals surface area contributed by atoms with Crippen LogP contribution in [0.1, 0.15) is 24.1 Å². The van der Waals surface area contributed by atoms with Gasteiger partial charge in [-0.3, -0.25) is 14.2 Å². The Bertz CT molecular complexity index is 1750. The van der Waals surface area contributed by atoms with E-state index in [1.165, 1.54) is 11.3 Å². The van der Waals surface area contributed by atoms with Gasteiger partial charge in [-0.15, -0.1) is 0 Å². The molecule has 2 heterocycles. The Kier molecular flexibility index (Phi) is 7.56. The smallest absolute Gasteiger partial charge is 0.271 e. The van der Waals surface area contributed by atoms with E-state index in [1.54, 1.807) is 30.8 Å². The summed E-state index contributed by atoms with van der Waals surface area (Å²) in [5.41, 5.74) is 2.84. The van der Waals surface area contributed by atoms with E-state index in [4.69, 9.17) is 14.5 Å². The monoisotopic (exact) mass is 537 g/mol. The van der Waals surface area contributed by atoms with E-state index in [-0.39, 0.29) is 11.5 Å². The third kappa shape index (κ3) is 5.32. The van der Waals surface area contributed by atoms with Crippen LogP contribution in [0.2, 0.25) is 0 Å². The number of hydrogen-bond donors (Lipinski definition) is 1. The van der Waals surface area contributed by atoms with E-state index in [0.29, 0.717) is 44.4 Å². The van der Waals surface area contributed by atoms with Crippen LogP contribution in [-0.4, -0.2) is 24.2 Å². The summed E-state index contributed by atoms with van der Waals surface area (Å²) in [6.07, 6.45) is 3.47. The largest absolute Gasteiger partial charge is 0.497 e. The molecule has 39 heavy (non-hydrogen) atoms. The number of para-hydroxylation sites is 2. The predicted octanol–water partition coefficient (Wildman–Crippen LogP) is 4.45. The minimum Gasteiger partial charge on any atom is -0.497 e. The van der Waals surface area contributed by atoms with Crippen LogP contribution in [0.15, 0.2) is 113 Å². The number of anilines is 1. The Labute approximate surface area is 229 Å². The fourth-order valence-electron chi connectivity index (χ4n) is 4.48. The number of carbonyl (C=O) groups is 1. The minimum atomic E-state index is -0.700. The van der Waals surface area contributed by atoms with Crippen molar-refractivity contribution in [3.8, 4) is 11.5 Å². The summed E-state index contributed by atoms with van der Waals surface area (Å²) in [5.74, 6) is 0.944. The number of amides is 1. The normalized spacial score (nSPS) is 14.8. The van der Waals surface area contributed by atoms with E-state index in [0.717, 1.165) is 11.1 Å². The van der Waals surface area contributed by atoms with Crippen LogP contribution in [-0.2, 0) is 4.79 Å². The topological polar surface area (TPSA) is 81.9 Å². The molecule has 5 rings (SSSR count). The molecular formula is C31H27N3O4S. The molecule has 0 bridgehead atoms. The van der Waals surface area contributed by atoms with Gasteiger partial charge in [-0.05, 0) is 48.9 Å². The van der Waals surface area contributed by atoms with E-state index in [1.807, 2.05) is 78.9 Å². The van der Waals surface area contributed by atoms with Gasteiger partial charge in [0.1, 0.15) is 18.1 Å².